The van der Waals surface area contributed by atoms with Gasteiger partial charge in [-0.15, -0.1) is 0 Å². The Balaban J connectivity index is 1.96. The molecule has 0 bridgehead atoms. The largest absolute Gasteiger partial charge is 0.365 e. The third-order valence-electron chi connectivity index (χ3n) is 5.14. The molecule has 1 fully saturated rings. The van der Waals surface area contributed by atoms with E-state index in [1.165, 1.54) is 12.1 Å². The molecular weight excluding hydrogens is 408 g/mol. The summed E-state index contributed by atoms with van der Waals surface area (Å²) in [4.78, 5) is 31.4. The van der Waals surface area contributed by atoms with E-state index in [4.69, 9.17) is 11.5 Å². The zero-order valence-corrected chi connectivity index (χ0v) is 17.7. The smallest absolute Gasteiger partial charge is 0.267 e. The lowest BCUT2D eigenvalue weighted by atomic mass is 9.91. The van der Waals surface area contributed by atoms with Crippen molar-refractivity contribution >= 4 is 33.2 Å². The first kappa shape index (κ1) is 21.8. The van der Waals surface area contributed by atoms with Gasteiger partial charge in [0, 0.05) is 24.0 Å². The summed E-state index contributed by atoms with van der Waals surface area (Å²) >= 11 is 0. The number of amides is 1. The number of nitrogens with two attached hydrogens (primary N) is 2. The zero-order chi connectivity index (χ0) is 22.1. The number of hydrogen-bond acceptors (Lipinski definition) is 8. The second-order valence-electron chi connectivity index (χ2n) is 7.58. The minimum atomic E-state index is -3.37. The second kappa shape index (κ2) is 8.44. The summed E-state index contributed by atoms with van der Waals surface area (Å²) < 4.78 is 23.6. The van der Waals surface area contributed by atoms with Gasteiger partial charge in [0.2, 0.25) is 5.95 Å². The number of aryl methyl sites for hydroxylation is 1. The molecule has 0 spiro atoms. The van der Waals surface area contributed by atoms with Crippen LogP contribution in [0.4, 0.5) is 17.5 Å². The monoisotopic (exact) mass is 434 g/mol. The molecule has 2 aromatic rings. The fourth-order valence-electron chi connectivity index (χ4n) is 3.65. The molecule has 11 heteroatoms. The van der Waals surface area contributed by atoms with E-state index in [0.717, 1.165) is 31.9 Å². The molecule has 1 amide bonds. The Labute approximate surface area is 174 Å². The van der Waals surface area contributed by atoms with Crippen molar-refractivity contribution in [3.05, 3.63) is 39.7 Å². The third-order valence-corrected chi connectivity index (χ3v) is 6.40. The summed E-state index contributed by atoms with van der Waals surface area (Å²) in [5, 5.41) is 6.05. The third kappa shape index (κ3) is 4.79. The van der Waals surface area contributed by atoms with Gasteiger partial charge < -0.3 is 22.1 Å². The normalized spacial score (nSPS) is 19.3. The number of sulfone groups is 1. The van der Waals surface area contributed by atoms with Crippen LogP contribution < -0.4 is 27.7 Å². The average molecular weight is 435 g/mol. The number of anilines is 3. The van der Waals surface area contributed by atoms with E-state index in [2.05, 4.69) is 20.6 Å². The second-order valence-corrected chi connectivity index (χ2v) is 9.56. The highest BCUT2D eigenvalue weighted by Crippen LogP contribution is 2.24. The van der Waals surface area contributed by atoms with Crippen molar-refractivity contribution in [2.45, 2.75) is 49.6 Å². The van der Waals surface area contributed by atoms with Gasteiger partial charge in [-0.25, -0.2) is 8.42 Å². The first-order valence-corrected chi connectivity index (χ1v) is 11.5. The fourth-order valence-corrected chi connectivity index (χ4v) is 4.61. The Bertz CT molecular complexity index is 1130. The molecule has 0 saturated heterocycles. The number of aromatic nitrogens is 2. The molecular formula is C19H26N6O4S. The number of carbonyl (C=O) groups excluding carboxylic acids is 1. The summed E-state index contributed by atoms with van der Waals surface area (Å²) in [5.41, 5.74) is 11.5. The molecule has 30 heavy (non-hydrogen) atoms. The van der Waals surface area contributed by atoms with E-state index >= 15 is 0 Å². The van der Waals surface area contributed by atoms with Crippen LogP contribution in [0.5, 0.6) is 0 Å². The van der Waals surface area contributed by atoms with Gasteiger partial charge in [0.15, 0.2) is 15.7 Å². The van der Waals surface area contributed by atoms with Crippen LogP contribution >= 0.6 is 0 Å². The summed E-state index contributed by atoms with van der Waals surface area (Å²) in [5.74, 6) is -0.777. The maximum absolute atomic E-state index is 12.5. The summed E-state index contributed by atoms with van der Waals surface area (Å²) in [7, 11) is -3.37. The molecule has 1 saturated carbocycles. The molecule has 1 aromatic carbocycles. The first-order valence-electron chi connectivity index (χ1n) is 9.60. The van der Waals surface area contributed by atoms with Gasteiger partial charge in [-0.3, -0.25) is 14.6 Å². The van der Waals surface area contributed by atoms with Crippen LogP contribution in [0.1, 0.15) is 41.6 Å². The number of hydrogen-bond donors (Lipinski definition) is 5. The zero-order valence-electron chi connectivity index (χ0n) is 16.9. The van der Waals surface area contributed by atoms with Gasteiger partial charge in [-0.05, 0) is 43.5 Å². The molecule has 1 heterocycles. The van der Waals surface area contributed by atoms with Crippen molar-refractivity contribution in [2.24, 2.45) is 11.5 Å². The lowest BCUT2D eigenvalue weighted by Gasteiger charge is -2.29. The van der Waals surface area contributed by atoms with Crippen molar-refractivity contribution in [1.29, 1.82) is 0 Å². The molecule has 7 N–H and O–H groups in total. The highest BCUT2D eigenvalue weighted by Gasteiger charge is 2.24. The van der Waals surface area contributed by atoms with Crippen molar-refractivity contribution < 1.29 is 13.2 Å². The Morgan fingerprint density at radius 1 is 1.27 bits per heavy atom. The molecule has 0 radical (unpaired) electrons. The Kier molecular flexibility index (Phi) is 6.13. The summed E-state index contributed by atoms with van der Waals surface area (Å²) in [6.07, 6.45) is 4.92. The molecule has 3 rings (SSSR count). The van der Waals surface area contributed by atoms with Gasteiger partial charge in [0.05, 0.1) is 4.90 Å². The number of nitrogens with one attached hydrogen (secondary N) is 3. The van der Waals surface area contributed by atoms with Gasteiger partial charge in [0.25, 0.3) is 11.5 Å². The molecule has 0 aliphatic heterocycles. The molecule has 2 atom stereocenters. The van der Waals surface area contributed by atoms with E-state index in [1.807, 2.05) is 0 Å². The van der Waals surface area contributed by atoms with Crippen molar-refractivity contribution in [1.82, 2.24) is 9.97 Å². The highest BCUT2D eigenvalue weighted by molar-refractivity contribution is 7.90. The van der Waals surface area contributed by atoms with Crippen molar-refractivity contribution in [3.63, 3.8) is 0 Å². The van der Waals surface area contributed by atoms with Crippen LogP contribution in [0.15, 0.2) is 27.9 Å². The topological polar surface area (TPSA) is 173 Å². The van der Waals surface area contributed by atoms with E-state index in [-0.39, 0.29) is 34.3 Å². The molecule has 162 valence electrons. The fraction of sp³-hybridized carbons (Fsp3) is 0.421. The maximum atomic E-state index is 12.5. The molecule has 10 nitrogen and oxygen atoms in total. The van der Waals surface area contributed by atoms with Crippen LogP contribution in [0.25, 0.3) is 0 Å². The Morgan fingerprint density at radius 2 is 1.97 bits per heavy atom. The summed E-state index contributed by atoms with van der Waals surface area (Å²) in [6, 6.07) is 4.45. The number of carbonyl (C=O) groups is 1. The van der Waals surface area contributed by atoms with Crippen molar-refractivity contribution in [3.8, 4) is 0 Å². The minimum absolute atomic E-state index is 0.0235. The van der Waals surface area contributed by atoms with E-state index in [1.54, 1.807) is 13.0 Å². The number of nitrogens with zero attached hydrogens (tertiary/aromatic N) is 1. The number of aromatic amines is 1. The number of H-pyrrole nitrogens is 1. The van der Waals surface area contributed by atoms with E-state index < -0.39 is 21.3 Å². The predicted molar refractivity (Wildman–Crippen MR) is 115 cm³/mol. The molecule has 1 aliphatic rings. The first-order chi connectivity index (χ1) is 14.1. The Morgan fingerprint density at radius 3 is 2.57 bits per heavy atom. The predicted octanol–water partition coefficient (Wildman–Crippen LogP) is 1.01. The SMILES string of the molecule is Cc1cc(Nc2nc(N[C@H]3CCCC[C@@H]3N)[nH]c(=O)c2C(N)=O)ccc1S(C)(=O)=O. The van der Waals surface area contributed by atoms with Crippen LogP contribution in [-0.2, 0) is 9.84 Å². The highest BCUT2D eigenvalue weighted by atomic mass is 32.2. The standard InChI is InChI=1S/C19H26N6O4S/c1-10-9-11(7-8-14(10)30(2,28)29)22-17-15(16(21)26)18(27)25-19(24-17)23-13-6-4-3-5-12(13)20/h7-9,12-13H,3-6,20H2,1-2H3,(H2,21,26)(H3,22,23,24,25,27)/t12-,13-/m0/s1. The van der Waals surface area contributed by atoms with Crippen molar-refractivity contribution in [2.75, 3.05) is 16.9 Å². The van der Waals surface area contributed by atoms with Gasteiger partial charge in [-0.2, -0.15) is 4.98 Å². The average Bonchev–Trinajstić information content (AvgIpc) is 2.62. The van der Waals surface area contributed by atoms with Crippen LogP contribution in [0.2, 0.25) is 0 Å². The van der Waals surface area contributed by atoms with Crippen LogP contribution in [-0.4, -0.2) is 42.6 Å². The molecule has 1 aliphatic carbocycles. The minimum Gasteiger partial charge on any atom is -0.365 e. The number of benzene rings is 1. The number of rotatable bonds is 6. The number of primary amides is 1. The quantitative estimate of drug-likeness (QED) is 0.448. The lowest BCUT2D eigenvalue weighted by Crippen LogP contribution is -2.43. The van der Waals surface area contributed by atoms with E-state index in [9.17, 15) is 18.0 Å². The lowest BCUT2D eigenvalue weighted by molar-refractivity contribution is 0.0999. The molecule has 1 aromatic heterocycles. The van der Waals surface area contributed by atoms with Gasteiger partial charge >= 0.3 is 0 Å². The Hall–Kier alpha value is -2.92. The van der Waals surface area contributed by atoms with Gasteiger partial charge in [0.1, 0.15) is 5.56 Å². The van der Waals surface area contributed by atoms with Gasteiger partial charge in [-0.1, -0.05) is 12.8 Å². The summed E-state index contributed by atoms with van der Waals surface area (Å²) in [6.45, 7) is 1.65. The maximum Gasteiger partial charge on any atom is 0.267 e. The molecule has 0 unspecified atom stereocenters. The van der Waals surface area contributed by atoms with Crippen LogP contribution in [0, 0.1) is 6.92 Å². The van der Waals surface area contributed by atoms with Crippen LogP contribution in [0.3, 0.4) is 0 Å². The van der Waals surface area contributed by atoms with E-state index in [0.29, 0.717) is 11.3 Å².